The van der Waals surface area contributed by atoms with Crippen molar-refractivity contribution in [3.8, 4) is 0 Å². The molecule has 1 amide bonds. The summed E-state index contributed by atoms with van der Waals surface area (Å²) < 4.78 is 46.6. The van der Waals surface area contributed by atoms with Crippen LogP contribution in [0.1, 0.15) is 29.8 Å². The van der Waals surface area contributed by atoms with Gasteiger partial charge < -0.3 is 13.8 Å². The molecular weight excluding hydrogens is 315 g/mol. The van der Waals surface area contributed by atoms with Crippen molar-refractivity contribution in [3.63, 3.8) is 0 Å². The van der Waals surface area contributed by atoms with Crippen LogP contribution in [-0.4, -0.2) is 34.0 Å². The van der Waals surface area contributed by atoms with E-state index in [0.29, 0.717) is 18.7 Å². The largest absolute Gasteiger partial charge is 0.471 e. The topological polar surface area (TPSA) is 72.4 Å². The van der Waals surface area contributed by atoms with Crippen molar-refractivity contribution < 1.29 is 26.9 Å². The Bertz CT molecular complexity index is 706. The van der Waals surface area contributed by atoms with Crippen molar-refractivity contribution in [1.29, 1.82) is 0 Å². The molecule has 1 aliphatic rings. The van der Waals surface area contributed by atoms with Crippen LogP contribution in [0.25, 0.3) is 6.08 Å². The lowest BCUT2D eigenvalue weighted by molar-refractivity contribution is -0.159. The van der Waals surface area contributed by atoms with Gasteiger partial charge >= 0.3 is 12.1 Å². The molecular formula is C14H12F3N3O3. The molecule has 0 aliphatic carbocycles. The maximum absolute atomic E-state index is 12.4. The summed E-state index contributed by atoms with van der Waals surface area (Å²) in [6.45, 7) is 0.667. The van der Waals surface area contributed by atoms with Crippen LogP contribution >= 0.6 is 0 Å². The lowest BCUT2D eigenvalue weighted by Crippen LogP contribution is -2.26. The zero-order chi connectivity index (χ0) is 16.4. The molecule has 2 aromatic heterocycles. The van der Waals surface area contributed by atoms with Crippen molar-refractivity contribution in [2.24, 2.45) is 0 Å². The molecule has 3 heterocycles. The van der Waals surface area contributed by atoms with E-state index >= 15 is 0 Å². The van der Waals surface area contributed by atoms with Gasteiger partial charge in [-0.3, -0.25) is 4.79 Å². The molecule has 1 atom stereocenters. The molecule has 6 nitrogen and oxygen atoms in total. The van der Waals surface area contributed by atoms with Crippen molar-refractivity contribution in [1.82, 2.24) is 15.0 Å². The minimum Gasteiger partial charge on any atom is -0.465 e. The van der Waals surface area contributed by atoms with Crippen molar-refractivity contribution in [2.45, 2.75) is 18.5 Å². The predicted molar refractivity (Wildman–Crippen MR) is 71.0 cm³/mol. The number of likely N-dealkylation sites (tertiary alicyclic amines) is 1. The SMILES string of the molecule is O=C(/C=C/c1ccco1)N1CCC(c2noc(C(F)(F)F)n2)C1. The quantitative estimate of drug-likeness (QED) is 0.811. The number of amides is 1. The highest BCUT2D eigenvalue weighted by molar-refractivity contribution is 5.91. The Hall–Kier alpha value is -2.58. The van der Waals surface area contributed by atoms with E-state index in [9.17, 15) is 18.0 Å². The number of nitrogens with zero attached hydrogens (tertiary/aromatic N) is 3. The van der Waals surface area contributed by atoms with Crippen LogP contribution in [0.2, 0.25) is 0 Å². The molecule has 0 bridgehead atoms. The summed E-state index contributed by atoms with van der Waals surface area (Å²) in [4.78, 5) is 16.9. The first-order valence-corrected chi connectivity index (χ1v) is 6.85. The van der Waals surface area contributed by atoms with Gasteiger partial charge in [0.1, 0.15) is 5.76 Å². The molecule has 3 rings (SSSR count). The van der Waals surface area contributed by atoms with Crippen LogP contribution in [0.5, 0.6) is 0 Å². The maximum Gasteiger partial charge on any atom is 0.471 e. The van der Waals surface area contributed by atoms with Gasteiger partial charge in [0.2, 0.25) is 5.91 Å². The van der Waals surface area contributed by atoms with Crippen LogP contribution < -0.4 is 0 Å². The van der Waals surface area contributed by atoms with Gasteiger partial charge in [-0.15, -0.1) is 0 Å². The van der Waals surface area contributed by atoms with E-state index in [2.05, 4.69) is 14.7 Å². The molecule has 0 radical (unpaired) electrons. The molecule has 1 aliphatic heterocycles. The van der Waals surface area contributed by atoms with Crippen molar-refractivity contribution >= 4 is 12.0 Å². The van der Waals surface area contributed by atoms with Crippen molar-refractivity contribution in [3.05, 3.63) is 41.9 Å². The highest BCUT2D eigenvalue weighted by Gasteiger charge is 2.40. The third-order valence-corrected chi connectivity index (χ3v) is 3.48. The fourth-order valence-corrected chi connectivity index (χ4v) is 2.33. The Kier molecular flexibility index (Phi) is 3.93. The molecule has 0 N–H and O–H groups in total. The molecule has 0 saturated carbocycles. The van der Waals surface area contributed by atoms with Crippen LogP contribution in [0, 0.1) is 0 Å². The predicted octanol–water partition coefficient (Wildman–Crippen LogP) is 2.71. The molecule has 1 saturated heterocycles. The maximum atomic E-state index is 12.4. The fraction of sp³-hybridized carbons (Fsp3) is 0.357. The van der Waals surface area contributed by atoms with E-state index in [-0.39, 0.29) is 24.2 Å². The van der Waals surface area contributed by atoms with E-state index in [1.807, 2.05) is 0 Å². The van der Waals surface area contributed by atoms with Gasteiger partial charge in [0.05, 0.1) is 6.26 Å². The number of hydrogen-bond acceptors (Lipinski definition) is 5. The first-order chi connectivity index (χ1) is 10.9. The lowest BCUT2D eigenvalue weighted by Gasteiger charge is -2.12. The monoisotopic (exact) mass is 327 g/mol. The smallest absolute Gasteiger partial charge is 0.465 e. The summed E-state index contributed by atoms with van der Waals surface area (Å²) in [7, 11) is 0. The molecule has 0 aromatic carbocycles. The Morgan fingerprint density at radius 1 is 1.43 bits per heavy atom. The highest BCUT2D eigenvalue weighted by Crippen LogP contribution is 2.31. The van der Waals surface area contributed by atoms with E-state index < -0.39 is 12.1 Å². The van der Waals surface area contributed by atoms with Crippen molar-refractivity contribution in [2.75, 3.05) is 13.1 Å². The minimum atomic E-state index is -4.66. The standard InChI is InChI=1S/C14H12F3N3O3/c15-14(16,17)13-18-12(19-23-13)9-5-6-20(8-9)11(21)4-3-10-2-1-7-22-10/h1-4,7,9H,5-6,8H2/b4-3+. The molecule has 1 unspecified atom stereocenters. The molecule has 1 fully saturated rings. The summed E-state index contributed by atoms with van der Waals surface area (Å²) in [5.74, 6) is -1.46. The second-order valence-corrected chi connectivity index (χ2v) is 5.07. The molecule has 9 heteroatoms. The average Bonchev–Trinajstić information content (AvgIpc) is 3.22. The van der Waals surface area contributed by atoms with E-state index in [4.69, 9.17) is 4.42 Å². The number of aromatic nitrogens is 2. The molecule has 122 valence electrons. The Morgan fingerprint density at radius 2 is 2.26 bits per heavy atom. The van der Waals surface area contributed by atoms with Gasteiger partial charge in [-0.1, -0.05) is 5.16 Å². The lowest BCUT2D eigenvalue weighted by atomic mass is 10.1. The van der Waals surface area contributed by atoms with E-state index in [0.717, 1.165) is 0 Å². The Morgan fingerprint density at radius 3 is 2.91 bits per heavy atom. The number of rotatable bonds is 3. The van der Waals surface area contributed by atoms with Gasteiger partial charge in [0.25, 0.3) is 0 Å². The van der Waals surface area contributed by atoms with Gasteiger partial charge in [-0.05, 0) is 24.6 Å². The van der Waals surface area contributed by atoms with Crippen LogP contribution in [-0.2, 0) is 11.0 Å². The minimum absolute atomic E-state index is 0.0253. The second-order valence-electron chi connectivity index (χ2n) is 5.07. The normalized spacial score (nSPS) is 18.9. The Labute approximate surface area is 128 Å². The average molecular weight is 327 g/mol. The number of hydrogen-bond donors (Lipinski definition) is 0. The van der Waals surface area contributed by atoms with Gasteiger partial charge in [-0.2, -0.15) is 18.2 Å². The van der Waals surface area contributed by atoms with Crippen LogP contribution in [0.4, 0.5) is 13.2 Å². The summed E-state index contributed by atoms with van der Waals surface area (Å²) in [5.41, 5.74) is 0. The third-order valence-electron chi connectivity index (χ3n) is 3.48. The Balaban J connectivity index is 1.62. The number of carbonyl (C=O) groups excluding carboxylic acids is 1. The zero-order valence-corrected chi connectivity index (χ0v) is 11.8. The first-order valence-electron chi connectivity index (χ1n) is 6.85. The summed E-state index contributed by atoms with van der Waals surface area (Å²) in [6, 6.07) is 3.40. The highest BCUT2D eigenvalue weighted by atomic mass is 19.4. The first kappa shape index (κ1) is 15.3. The number of halogens is 3. The molecule has 0 spiro atoms. The summed E-state index contributed by atoms with van der Waals surface area (Å²) >= 11 is 0. The molecule has 23 heavy (non-hydrogen) atoms. The molecule has 2 aromatic rings. The second kappa shape index (κ2) is 5.90. The zero-order valence-electron chi connectivity index (χ0n) is 11.8. The summed E-state index contributed by atoms with van der Waals surface area (Å²) in [5, 5.41) is 3.37. The van der Waals surface area contributed by atoms with Gasteiger partial charge in [0.15, 0.2) is 5.82 Å². The summed E-state index contributed by atoms with van der Waals surface area (Å²) in [6.07, 6.45) is 0.206. The number of alkyl halides is 3. The van der Waals surface area contributed by atoms with Crippen LogP contribution in [0.3, 0.4) is 0 Å². The van der Waals surface area contributed by atoms with Gasteiger partial charge in [-0.25, -0.2) is 0 Å². The van der Waals surface area contributed by atoms with Crippen LogP contribution in [0.15, 0.2) is 33.4 Å². The number of carbonyl (C=O) groups is 1. The number of furan rings is 1. The van der Waals surface area contributed by atoms with E-state index in [1.165, 1.54) is 23.3 Å². The van der Waals surface area contributed by atoms with E-state index in [1.54, 1.807) is 12.1 Å². The van der Waals surface area contributed by atoms with Gasteiger partial charge in [0, 0.05) is 25.1 Å². The fourth-order valence-electron chi connectivity index (χ4n) is 2.33. The third kappa shape index (κ3) is 3.43.